The minimum Gasteiger partial charge on any atom is -0.480 e. The number of rotatable bonds is 5. The van der Waals surface area contributed by atoms with Gasteiger partial charge in [0.2, 0.25) is 5.91 Å². The van der Waals surface area contributed by atoms with Crippen LogP contribution >= 0.6 is 0 Å². The zero-order valence-electron chi connectivity index (χ0n) is 12.1. The first-order valence-corrected chi connectivity index (χ1v) is 7.44. The number of nitrogens with one attached hydrogen (secondary N) is 1. The Bertz CT molecular complexity index is 476. The molecule has 0 spiro atoms. The van der Waals surface area contributed by atoms with E-state index >= 15 is 0 Å². The number of benzene rings is 1. The molecule has 1 unspecified atom stereocenters. The Labute approximate surface area is 125 Å². The van der Waals surface area contributed by atoms with Crippen molar-refractivity contribution in [3.63, 3.8) is 0 Å². The second-order valence-electron chi connectivity index (χ2n) is 5.42. The largest absolute Gasteiger partial charge is 0.480 e. The molecule has 1 saturated heterocycles. The van der Waals surface area contributed by atoms with E-state index in [0.29, 0.717) is 0 Å². The molecule has 2 rings (SSSR count). The van der Waals surface area contributed by atoms with Gasteiger partial charge in [-0.15, -0.1) is 0 Å². The summed E-state index contributed by atoms with van der Waals surface area (Å²) in [6, 6.07) is 10.5. The quantitative estimate of drug-likeness (QED) is 0.867. The van der Waals surface area contributed by atoms with Crippen molar-refractivity contribution in [1.29, 1.82) is 0 Å². The fourth-order valence-corrected chi connectivity index (χ4v) is 2.82. The Morgan fingerprint density at radius 2 is 1.95 bits per heavy atom. The number of carboxylic acids is 1. The fourth-order valence-electron chi connectivity index (χ4n) is 2.82. The molecule has 1 aliphatic rings. The third-order valence-electron chi connectivity index (χ3n) is 3.83. The van der Waals surface area contributed by atoms with Crippen molar-refractivity contribution in [3.05, 3.63) is 35.9 Å². The van der Waals surface area contributed by atoms with Gasteiger partial charge < -0.3 is 10.4 Å². The molecule has 1 fully saturated rings. The Kier molecular flexibility index (Phi) is 5.75. The summed E-state index contributed by atoms with van der Waals surface area (Å²) in [7, 11) is 0. The standard InChI is InChI=1S/C16H22N2O3/c19-15(17-11-16(20)21)12-18-10-6-2-5-9-14(18)13-7-3-1-4-8-13/h1,3-4,7-8,14H,2,5-6,9-12H2,(H,17,19)(H,20,21). The van der Waals surface area contributed by atoms with E-state index in [-0.39, 0.29) is 25.0 Å². The maximum absolute atomic E-state index is 11.9. The highest BCUT2D eigenvalue weighted by Crippen LogP contribution is 2.29. The summed E-state index contributed by atoms with van der Waals surface area (Å²) in [5.41, 5.74) is 1.23. The van der Waals surface area contributed by atoms with E-state index in [9.17, 15) is 9.59 Å². The first-order chi connectivity index (χ1) is 10.2. The highest BCUT2D eigenvalue weighted by atomic mass is 16.4. The molecule has 0 aromatic heterocycles. The summed E-state index contributed by atoms with van der Waals surface area (Å²) in [4.78, 5) is 24.6. The number of carbonyl (C=O) groups excluding carboxylic acids is 1. The average Bonchev–Trinajstić information content (AvgIpc) is 2.71. The topological polar surface area (TPSA) is 69.6 Å². The smallest absolute Gasteiger partial charge is 0.322 e. The number of carboxylic acid groups (broad SMARTS) is 1. The third-order valence-corrected chi connectivity index (χ3v) is 3.83. The zero-order valence-corrected chi connectivity index (χ0v) is 12.1. The molecule has 21 heavy (non-hydrogen) atoms. The van der Waals surface area contributed by atoms with Gasteiger partial charge in [-0.1, -0.05) is 43.2 Å². The van der Waals surface area contributed by atoms with E-state index in [2.05, 4.69) is 22.3 Å². The van der Waals surface area contributed by atoms with Crippen LogP contribution in [0.4, 0.5) is 0 Å². The number of amides is 1. The van der Waals surface area contributed by atoms with E-state index in [4.69, 9.17) is 5.11 Å². The van der Waals surface area contributed by atoms with Gasteiger partial charge in [-0.25, -0.2) is 0 Å². The van der Waals surface area contributed by atoms with Crippen LogP contribution in [-0.2, 0) is 9.59 Å². The van der Waals surface area contributed by atoms with Crippen molar-refractivity contribution in [2.24, 2.45) is 0 Å². The summed E-state index contributed by atoms with van der Waals surface area (Å²) < 4.78 is 0. The molecule has 1 amide bonds. The lowest BCUT2D eigenvalue weighted by molar-refractivity contribution is -0.138. The van der Waals surface area contributed by atoms with E-state index in [1.807, 2.05) is 18.2 Å². The molecule has 0 saturated carbocycles. The van der Waals surface area contributed by atoms with Crippen LogP contribution in [0.3, 0.4) is 0 Å². The van der Waals surface area contributed by atoms with E-state index in [1.165, 1.54) is 12.0 Å². The van der Waals surface area contributed by atoms with Gasteiger partial charge in [0.1, 0.15) is 6.54 Å². The number of hydrogen-bond donors (Lipinski definition) is 2. The molecule has 0 bridgehead atoms. The van der Waals surface area contributed by atoms with Crippen LogP contribution in [0, 0.1) is 0 Å². The number of hydrogen-bond acceptors (Lipinski definition) is 3. The molecule has 114 valence electrons. The maximum atomic E-state index is 11.9. The van der Waals surface area contributed by atoms with Gasteiger partial charge in [0.05, 0.1) is 6.54 Å². The fraction of sp³-hybridized carbons (Fsp3) is 0.500. The van der Waals surface area contributed by atoms with Crippen LogP contribution in [-0.4, -0.2) is 41.5 Å². The van der Waals surface area contributed by atoms with Crippen molar-refractivity contribution in [2.75, 3.05) is 19.6 Å². The lowest BCUT2D eigenvalue weighted by Crippen LogP contribution is -2.40. The van der Waals surface area contributed by atoms with E-state index < -0.39 is 5.97 Å². The molecule has 0 aliphatic carbocycles. The highest BCUT2D eigenvalue weighted by molar-refractivity contribution is 5.82. The molecule has 1 aromatic carbocycles. The number of nitrogens with zero attached hydrogens (tertiary/aromatic N) is 1. The van der Waals surface area contributed by atoms with Crippen LogP contribution in [0.5, 0.6) is 0 Å². The monoisotopic (exact) mass is 290 g/mol. The van der Waals surface area contributed by atoms with E-state index in [0.717, 1.165) is 25.8 Å². The van der Waals surface area contributed by atoms with E-state index in [1.54, 1.807) is 0 Å². The van der Waals surface area contributed by atoms with Gasteiger partial charge >= 0.3 is 5.97 Å². The summed E-state index contributed by atoms with van der Waals surface area (Å²) in [6.07, 6.45) is 4.45. The summed E-state index contributed by atoms with van der Waals surface area (Å²) in [5, 5.41) is 11.1. The minimum atomic E-state index is -1.01. The second-order valence-corrected chi connectivity index (χ2v) is 5.42. The first kappa shape index (κ1) is 15.5. The lowest BCUT2D eigenvalue weighted by atomic mass is 10.0. The number of carbonyl (C=O) groups is 2. The van der Waals surface area contributed by atoms with Crippen molar-refractivity contribution in [3.8, 4) is 0 Å². The van der Waals surface area contributed by atoms with Crippen LogP contribution in [0.15, 0.2) is 30.3 Å². The Balaban J connectivity index is 2.02. The molecule has 1 atom stereocenters. The van der Waals surface area contributed by atoms with Crippen molar-refractivity contribution in [2.45, 2.75) is 31.7 Å². The predicted octanol–water partition coefficient (Wildman–Crippen LogP) is 1.80. The molecule has 1 aromatic rings. The Morgan fingerprint density at radius 1 is 1.19 bits per heavy atom. The number of likely N-dealkylation sites (tertiary alicyclic amines) is 1. The van der Waals surface area contributed by atoms with Gasteiger partial charge in [-0.3, -0.25) is 14.5 Å². The molecule has 1 heterocycles. The van der Waals surface area contributed by atoms with Crippen LogP contribution < -0.4 is 5.32 Å². The van der Waals surface area contributed by atoms with Crippen LogP contribution in [0.1, 0.15) is 37.3 Å². The molecular weight excluding hydrogens is 268 g/mol. The summed E-state index contributed by atoms with van der Waals surface area (Å²) in [5.74, 6) is -1.24. The molecular formula is C16H22N2O3. The van der Waals surface area contributed by atoms with Crippen LogP contribution in [0.2, 0.25) is 0 Å². The Hall–Kier alpha value is -1.88. The number of aliphatic carboxylic acids is 1. The van der Waals surface area contributed by atoms with Crippen molar-refractivity contribution in [1.82, 2.24) is 10.2 Å². The van der Waals surface area contributed by atoms with Gasteiger partial charge in [-0.05, 0) is 24.9 Å². The summed E-state index contributed by atoms with van der Waals surface area (Å²) in [6.45, 7) is 0.815. The highest BCUT2D eigenvalue weighted by Gasteiger charge is 2.24. The van der Waals surface area contributed by atoms with Crippen molar-refractivity contribution < 1.29 is 14.7 Å². The van der Waals surface area contributed by atoms with Gasteiger partial charge in [0.25, 0.3) is 0 Å². The van der Waals surface area contributed by atoms with Gasteiger partial charge in [-0.2, -0.15) is 0 Å². The van der Waals surface area contributed by atoms with Crippen LogP contribution in [0.25, 0.3) is 0 Å². The normalized spacial score (nSPS) is 19.7. The minimum absolute atomic E-state index is 0.222. The van der Waals surface area contributed by atoms with Gasteiger partial charge in [0, 0.05) is 6.04 Å². The van der Waals surface area contributed by atoms with Crippen molar-refractivity contribution >= 4 is 11.9 Å². The summed E-state index contributed by atoms with van der Waals surface area (Å²) >= 11 is 0. The SMILES string of the molecule is O=C(O)CNC(=O)CN1CCCCCC1c1ccccc1. The first-order valence-electron chi connectivity index (χ1n) is 7.44. The molecule has 0 radical (unpaired) electrons. The average molecular weight is 290 g/mol. The molecule has 1 aliphatic heterocycles. The molecule has 5 nitrogen and oxygen atoms in total. The third kappa shape index (κ3) is 4.86. The zero-order chi connectivity index (χ0) is 15.1. The lowest BCUT2D eigenvalue weighted by Gasteiger charge is -2.29. The second kappa shape index (κ2) is 7.78. The Morgan fingerprint density at radius 3 is 2.67 bits per heavy atom. The predicted molar refractivity (Wildman–Crippen MR) is 79.9 cm³/mol. The molecule has 2 N–H and O–H groups in total. The molecule has 5 heteroatoms. The van der Waals surface area contributed by atoms with Gasteiger partial charge in [0.15, 0.2) is 0 Å². The maximum Gasteiger partial charge on any atom is 0.322 e.